The Labute approximate surface area is 185 Å². The van der Waals surface area contributed by atoms with E-state index in [9.17, 15) is 9.59 Å². The van der Waals surface area contributed by atoms with E-state index >= 15 is 0 Å². The zero-order chi connectivity index (χ0) is 22.3. The predicted octanol–water partition coefficient (Wildman–Crippen LogP) is 4.83. The van der Waals surface area contributed by atoms with Crippen molar-refractivity contribution in [3.8, 4) is 11.5 Å². The number of amides is 1. The summed E-state index contributed by atoms with van der Waals surface area (Å²) in [5, 5.41) is 5.79. The van der Waals surface area contributed by atoms with E-state index in [2.05, 4.69) is 10.5 Å². The highest BCUT2D eigenvalue weighted by molar-refractivity contribution is 6.05. The number of carbonyl (C=O) groups is 2. The van der Waals surface area contributed by atoms with Gasteiger partial charge in [-0.2, -0.15) is 5.10 Å². The summed E-state index contributed by atoms with van der Waals surface area (Å²) >= 11 is 0. The molecule has 1 N–H and O–H groups in total. The zero-order valence-corrected chi connectivity index (χ0v) is 17.3. The number of rotatable bonds is 6. The van der Waals surface area contributed by atoms with Crippen molar-refractivity contribution >= 4 is 28.9 Å². The number of nitrogens with zero attached hydrogens (tertiary/aromatic N) is 1. The van der Waals surface area contributed by atoms with Crippen LogP contribution in [0.15, 0.2) is 96.1 Å². The van der Waals surface area contributed by atoms with Gasteiger partial charge in [-0.05, 0) is 70.9 Å². The zero-order valence-electron chi connectivity index (χ0n) is 17.3. The molecule has 0 aliphatic rings. The third kappa shape index (κ3) is 4.82. The molecule has 0 heterocycles. The van der Waals surface area contributed by atoms with Crippen LogP contribution in [0.25, 0.3) is 10.8 Å². The molecule has 4 aromatic rings. The van der Waals surface area contributed by atoms with Gasteiger partial charge >= 0.3 is 5.97 Å². The molecular weight excluding hydrogens is 404 g/mol. The fourth-order valence-electron chi connectivity index (χ4n) is 3.16. The van der Waals surface area contributed by atoms with Crippen LogP contribution in [0.1, 0.15) is 26.3 Å². The van der Waals surface area contributed by atoms with Crippen molar-refractivity contribution in [1.82, 2.24) is 5.43 Å². The Balaban J connectivity index is 1.37. The fraction of sp³-hybridized carbons (Fsp3) is 0.0385. The lowest BCUT2D eigenvalue weighted by molar-refractivity contribution is 0.0736. The summed E-state index contributed by atoms with van der Waals surface area (Å²) in [6.07, 6.45) is 1.51. The van der Waals surface area contributed by atoms with Gasteiger partial charge in [-0.25, -0.2) is 10.2 Å². The summed E-state index contributed by atoms with van der Waals surface area (Å²) in [6.45, 7) is 0. The quantitative estimate of drug-likeness (QED) is 0.208. The molecule has 0 saturated heterocycles. The first-order chi connectivity index (χ1) is 15.6. The molecule has 0 aliphatic heterocycles. The molecule has 158 valence electrons. The van der Waals surface area contributed by atoms with Gasteiger partial charge in [-0.1, -0.05) is 36.4 Å². The number of ether oxygens (including phenoxy) is 2. The molecule has 0 saturated carbocycles. The Morgan fingerprint density at radius 1 is 0.812 bits per heavy atom. The number of nitrogens with one attached hydrogen (secondary N) is 1. The standard InChI is InChI=1S/C26H20N2O4/c1-31-21-15-11-20(12-16-21)25(29)28-27-17-18-9-13-22(14-10-18)32-26(30)24-8-4-6-19-5-2-3-7-23(19)24/h2-17H,1H3,(H,28,29). The number of benzene rings is 4. The molecule has 0 atom stereocenters. The molecule has 6 heteroatoms. The van der Waals surface area contributed by atoms with Gasteiger partial charge in [-0.3, -0.25) is 4.79 Å². The van der Waals surface area contributed by atoms with Gasteiger partial charge in [0.15, 0.2) is 0 Å². The highest BCUT2D eigenvalue weighted by atomic mass is 16.5. The summed E-state index contributed by atoms with van der Waals surface area (Å²) in [5.41, 5.74) is 4.20. The van der Waals surface area contributed by atoms with Crippen molar-refractivity contribution in [3.05, 3.63) is 108 Å². The van der Waals surface area contributed by atoms with Crippen LogP contribution in [0.3, 0.4) is 0 Å². The maximum atomic E-state index is 12.6. The SMILES string of the molecule is COc1ccc(C(=O)NN=Cc2ccc(OC(=O)c3cccc4ccccc34)cc2)cc1. The number of fused-ring (bicyclic) bond motifs is 1. The van der Waals surface area contributed by atoms with Gasteiger partial charge in [0.2, 0.25) is 0 Å². The van der Waals surface area contributed by atoms with Crippen molar-refractivity contribution in [2.75, 3.05) is 7.11 Å². The first-order valence-corrected chi connectivity index (χ1v) is 9.91. The van der Waals surface area contributed by atoms with E-state index in [1.165, 1.54) is 6.21 Å². The summed E-state index contributed by atoms with van der Waals surface area (Å²) in [5.74, 6) is 0.341. The molecule has 0 bridgehead atoms. The maximum absolute atomic E-state index is 12.6. The van der Waals surface area contributed by atoms with Crippen molar-refractivity contribution in [2.45, 2.75) is 0 Å². The number of hydrogen-bond donors (Lipinski definition) is 1. The maximum Gasteiger partial charge on any atom is 0.344 e. The Kier molecular flexibility index (Phi) is 6.22. The van der Waals surface area contributed by atoms with E-state index in [4.69, 9.17) is 9.47 Å². The van der Waals surface area contributed by atoms with Crippen LogP contribution in [0, 0.1) is 0 Å². The minimum atomic E-state index is -0.421. The van der Waals surface area contributed by atoms with Crippen LogP contribution >= 0.6 is 0 Å². The van der Waals surface area contributed by atoms with E-state index in [-0.39, 0.29) is 5.91 Å². The first kappa shape index (κ1) is 20.8. The van der Waals surface area contributed by atoms with Crippen molar-refractivity contribution in [3.63, 3.8) is 0 Å². The summed E-state index contributed by atoms with van der Waals surface area (Å²) < 4.78 is 10.6. The largest absolute Gasteiger partial charge is 0.497 e. The number of hydrazone groups is 1. The molecule has 0 aliphatic carbocycles. The van der Waals surface area contributed by atoms with Gasteiger partial charge in [0.1, 0.15) is 11.5 Å². The van der Waals surface area contributed by atoms with Crippen LogP contribution in [0.4, 0.5) is 0 Å². The Morgan fingerprint density at radius 3 is 2.25 bits per heavy atom. The van der Waals surface area contributed by atoms with E-state index in [0.717, 1.165) is 16.3 Å². The number of hydrogen-bond acceptors (Lipinski definition) is 5. The molecule has 32 heavy (non-hydrogen) atoms. The average molecular weight is 424 g/mol. The van der Waals surface area contributed by atoms with E-state index < -0.39 is 5.97 Å². The average Bonchev–Trinajstić information content (AvgIpc) is 2.84. The van der Waals surface area contributed by atoms with E-state index in [1.54, 1.807) is 61.7 Å². The molecular formula is C26H20N2O4. The smallest absolute Gasteiger partial charge is 0.344 e. The monoisotopic (exact) mass is 424 g/mol. The molecule has 0 spiro atoms. The second kappa shape index (κ2) is 9.57. The minimum Gasteiger partial charge on any atom is -0.497 e. The highest BCUT2D eigenvalue weighted by Crippen LogP contribution is 2.21. The van der Waals surface area contributed by atoms with Gasteiger partial charge in [0.05, 0.1) is 18.9 Å². The molecule has 4 rings (SSSR count). The van der Waals surface area contributed by atoms with Crippen molar-refractivity contribution in [1.29, 1.82) is 0 Å². The van der Waals surface area contributed by atoms with E-state index in [1.807, 2.05) is 36.4 Å². The lowest BCUT2D eigenvalue weighted by Crippen LogP contribution is -2.17. The number of esters is 1. The Hall–Kier alpha value is -4.45. The predicted molar refractivity (Wildman–Crippen MR) is 123 cm³/mol. The molecule has 0 fully saturated rings. The Morgan fingerprint density at radius 2 is 1.50 bits per heavy atom. The molecule has 4 aromatic carbocycles. The van der Waals surface area contributed by atoms with Crippen LogP contribution in [-0.4, -0.2) is 25.2 Å². The Bertz CT molecular complexity index is 1270. The third-order valence-electron chi connectivity index (χ3n) is 4.83. The minimum absolute atomic E-state index is 0.329. The van der Waals surface area contributed by atoms with Gasteiger partial charge in [0.25, 0.3) is 5.91 Å². The second-order valence-electron chi connectivity index (χ2n) is 6.91. The normalized spacial score (nSPS) is 10.8. The topological polar surface area (TPSA) is 77.0 Å². The van der Waals surface area contributed by atoms with Gasteiger partial charge < -0.3 is 9.47 Å². The summed E-state index contributed by atoms with van der Waals surface area (Å²) in [6, 6.07) is 26.8. The lowest BCUT2D eigenvalue weighted by atomic mass is 10.0. The summed E-state index contributed by atoms with van der Waals surface area (Å²) in [4.78, 5) is 24.7. The number of methoxy groups -OCH3 is 1. The molecule has 6 nitrogen and oxygen atoms in total. The highest BCUT2D eigenvalue weighted by Gasteiger charge is 2.12. The third-order valence-corrected chi connectivity index (χ3v) is 4.83. The van der Waals surface area contributed by atoms with E-state index in [0.29, 0.717) is 22.6 Å². The van der Waals surface area contributed by atoms with Crippen LogP contribution in [0.2, 0.25) is 0 Å². The van der Waals surface area contributed by atoms with Crippen molar-refractivity contribution in [2.24, 2.45) is 5.10 Å². The van der Waals surface area contributed by atoms with Crippen LogP contribution in [0.5, 0.6) is 11.5 Å². The molecule has 1 amide bonds. The van der Waals surface area contributed by atoms with Crippen molar-refractivity contribution < 1.29 is 19.1 Å². The van der Waals surface area contributed by atoms with Crippen LogP contribution in [-0.2, 0) is 0 Å². The molecule has 0 radical (unpaired) electrons. The fourth-order valence-corrected chi connectivity index (χ4v) is 3.16. The van der Waals surface area contributed by atoms with Gasteiger partial charge in [-0.15, -0.1) is 0 Å². The first-order valence-electron chi connectivity index (χ1n) is 9.91. The van der Waals surface area contributed by atoms with Crippen LogP contribution < -0.4 is 14.9 Å². The number of carbonyl (C=O) groups excluding carboxylic acids is 2. The van der Waals surface area contributed by atoms with Gasteiger partial charge in [0, 0.05) is 5.56 Å². The lowest BCUT2D eigenvalue weighted by Gasteiger charge is -2.07. The second-order valence-corrected chi connectivity index (χ2v) is 6.91. The molecule has 0 aromatic heterocycles. The summed E-state index contributed by atoms with van der Waals surface area (Å²) in [7, 11) is 1.56. The molecule has 0 unspecified atom stereocenters.